The molecule has 0 N–H and O–H groups in total. The number of carbonyl (C=O) groups excluding carboxylic acids is 1. The summed E-state index contributed by atoms with van der Waals surface area (Å²) in [5.74, 6) is 1.34. The summed E-state index contributed by atoms with van der Waals surface area (Å²) < 4.78 is 13.5. The van der Waals surface area contributed by atoms with Gasteiger partial charge in [0.2, 0.25) is 0 Å². The molecule has 1 aromatic rings. The van der Waals surface area contributed by atoms with Crippen LogP contribution in [0.15, 0.2) is 24.3 Å². The van der Waals surface area contributed by atoms with Crippen LogP contribution in [0.25, 0.3) is 0 Å². The van der Waals surface area contributed by atoms with Gasteiger partial charge in [-0.2, -0.15) is 0 Å². The van der Waals surface area contributed by atoms with E-state index < -0.39 is 0 Å². The quantitative estimate of drug-likeness (QED) is 0.823. The van der Waals surface area contributed by atoms with Crippen molar-refractivity contribution in [2.75, 3.05) is 19.6 Å². The first kappa shape index (κ1) is 15.2. The Morgan fingerprint density at radius 2 is 1.95 bits per heavy atom. The van der Waals surface area contributed by atoms with E-state index in [9.17, 15) is 9.18 Å². The Morgan fingerprint density at radius 3 is 2.55 bits per heavy atom. The van der Waals surface area contributed by atoms with E-state index >= 15 is 0 Å². The molecule has 1 aliphatic heterocycles. The Morgan fingerprint density at radius 1 is 1.30 bits per heavy atom. The van der Waals surface area contributed by atoms with Crippen molar-refractivity contribution in [3.05, 3.63) is 35.6 Å². The zero-order chi connectivity index (χ0) is 14.5. The van der Waals surface area contributed by atoms with E-state index in [0.717, 1.165) is 24.9 Å². The number of likely N-dealkylation sites (tertiary alicyclic amines) is 1. The molecule has 3 heteroatoms. The van der Waals surface area contributed by atoms with Gasteiger partial charge in [0.15, 0.2) is 5.78 Å². The normalized spacial score (nSPS) is 17.6. The van der Waals surface area contributed by atoms with Crippen molar-refractivity contribution in [3.63, 3.8) is 0 Å². The molecule has 2 rings (SSSR count). The van der Waals surface area contributed by atoms with E-state index in [0.29, 0.717) is 12.1 Å². The highest BCUT2D eigenvalue weighted by Crippen LogP contribution is 2.24. The third kappa shape index (κ3) is 4.14. The number of hydrogen-bond acceptors (Lipinski definition) is 2. The molecule has 0 radical (unpaired) electrons. The van der Waals surface area contributed by atoms with Crippen LogP contribution in [0.2, 0.25) is 0 Å². The van der Waals surface area contributed by atoms with E-state index in [1.165, 1.54) is 18.9 Å². The summed E-state index contributed by atoms with van der Waals surface area (Å²) in [5, 5.41) is 0. The third-order valence-corrected chi connectivity index (χ3v) is 4.32. The van der Waals surface area contributed by atoms with Crippen molar-refractivity contribution in [2.24, 2.45) is 11.8 Å². The Kier molecular flexibility index (Phi) is 5.30. The van der Waals surface area contributed by atoms with Crippen molar-refractivity contribution in [1.29, 1.82) is 0 Å². The predicted molar refractivity (Wildman–Crippen MR) is 79.1 cm³/mol. The number of ketones is 1. The molecule has 1 heterocycles. The zero-order valence-electron chi connectivity index (χ0n) is 12.4. The number of rotatable bonds is 5. The summed E-state index contributed by atoms with van der Waals surface area (Å²) in [7, 11) is 0. The molecule has 0 atom stereocenters. The monoisotopic (exact) mass is 277 g/mol. The maximum absolute atomic E-state index is 13.5. The maximum Gasteiger partial charge on any atom is 0.151 e. The minimum atomic E-state index is -0.278. The Bertz CT molecular complexity index is 450. The van der Waals surface area contributed by atoms with Gasteiger partial charge in [-0.1, -0.05) is 32.0 Å². The highest BCUT2D eigenvalue weighted by molar-refractivity contribution is 5.82. The molecule has 2 nitrogen and oxygen atoms in total. The van der Waals surface area contributed by atoms with Crippen molar-refractivity contribution in [1.82, 2.24) is 4.90 Å². The number of benzene rings is 1. The molecule has 20 heavy (non-hydrogen) atoms. The Labute approximate surface area is 121 Å². The highest BCUT2D eigenvalue weighted by atomic mass is 19.1. The van der Waals surface area contributed by atoms with Crippen LogP contribution in [-0.2, 0) is 11.2 Å². The standard InChI is InChI=1S/C17H24FNO/c1-13(2)14-7-9-19(10-8-14)12-16(20)11-15-5-3-4-6-17(15)18/h3-6,13-14H,7-12H2,1-2H3. The van der Waals surface area contributed by atoms with Gasteiger partial charge in [0, 0.05) is 6.42 Å². The number of carbonyl (C=O) groups is 1. The number of nitrogens with zero attached hydrogens (tertiary/aromatic N) is 1. The van der Waals surface area contributed by atoms with Gasteiger partial charge in [-0.25, -0.2) is 4.39 Å². The topological polar surface area (TPSA) is 20.3 Å². The first-order valence-electron chi connectivity index (χ1n) is 7.53. The van der Waals surface area contributed by atoms with Crippen molar-refractivity contribution >= 4 is 5.78 Å². The molecule has 1 saturated heterocycles. The van der Waals surface area contributed by atoms with E-state index in [1.54, 1.807) is 18.2 Å². The first-order valence-corrected chi connectivity index (χ1v) is 7.53. The highest BCUT2D eigenvalue weighted by Gasteiger charge is 2.22. The first-order chi connectivity index (χ1) is 9.56. The fourth-order valence-corrected chi connectivity index (χ4v) is 2.94. The van der Waals surface area contributed by atoms with E-state index in [2.05, 4.69) is 18.7 Å². The smallest absolute Gasteiger partial charge is 0.151 e. The SMILES string of the molecule is CC(C)C1CCN(CC(=O)Cc2ccccc2F)CC1. The minimum absolute atomic E-state index is 0.109. The molecule has 0 bridgehead atoms. The predicted octanol–water partition coefficient (Wildman–Crippen LogP) is 3.31. The lowest BCUT2D eigenvalue weighted by Gasteiger charge is -2.33. The summed E-state index contributed by atoms with van der Waals surface area (Å²) in [6, 6.07) is 6.54. The van der Waals surface area contributed by atoms with Gasteiger partial charge in [-0.3, -0.25) is 9.69 Å². The van der Waals surface area contributed by atoms with E-state index in [-0.39, 0.29) is 18.0 Å². The van der Waals surface area contributed by atoms with Crippen LogP contribution in [0, 0.1) is 17.7 Å². The van der Waals surface area contributed by atoms with Crippen molar-refractivity contribution in [2.45, 2.75) is 33.1 Å². The van der Waals surface area contributed by atoms with Gasteiger partial charge in [-0.05, 0) is 49.4 Å². The lowest BCUT2D eigenvalue weighted by Crippen LogP contribution is -2.38. The summed E-state index contributed by atoms with van der Waals surface area (Å²) in [6.45, 7) is 6.98. The molecule has 1 aromatic carbocycles. The molecule has 110 valence electrons. The number of halogens is 1. The second kappa shape index (κ2) is 6.98. The van der Waals surface area contributed by atoms with Crippen LogP contribution < -0.4 is 0 Å². The Balaban J connectivity index is 1.80. The fraction of sp³-hybridized carbons (Fsp3) is 0.588. The zero-order valence-corrected chi connectivity index (χ0v) is 12.4. The summed E-state index contributed by atoms with van der Waals surface area (Å²) >= 11 is 0. The summed E-state index contributed by atoms with van der Waals surface area (Å²) in [6.07, 6.45) is 2.55. The number of Topliss-reactive ketones (excluding diaryl/α,β-unsaturated/α-hetero) is 1. The van der Waals surface area contributed by atoms with Crippen molar-refractivity contribution < 1.29 is 9.18 Å². The Hall–Kier alpha value is -1.22. The molecule has 1 aliphatic rings. The van der Waals surface area contributed by atoms with E-state index in [1.807, 2.05) is 0 Å². The van der Waals surface area contributed by atoms with Crippen molar-refractivity contribution in [3.8, 4) is 0 Å². The molecule has 0 spiro atoms. The molecule has 0 saturated carbocycles. The van der Waals surface area contributed by atoms with Crippen LogP contribution in [0.3, 0.4) is 0 Å². The number of piperidine rings is 1. The second-order valence-corrected chi connectivity index (χ2v) is 6.16. The number of hydrogen-bond donors (Lipinski definition) is 0. The molecular weight excluding hydrogens is 253 g/mol. The van der Waals surface area contributed by atoms with Gasteiger partial charge in [0.1, 0.15) is 5.82 Å². The molecule has 0 aliphatic carbocycles. The molecule has 0 unspecified atom stereocenters. The van der Waals surface area contributed by atoms with Gasteiger partial charge >= 0.3 is 0 Å². The summed E-state index contributed by atoms with van der Waals surface area (Å²) in [5.41, 5.74) is 0.509. The minimum Gasteiger partial charge on any atom is -0.298 e. The van der Waals surface area contributed by atoms with Gasteiger partial charge < -0.3 is 0 Å². The van der Waals surface area contributed by atoms with Crippen LogP contribution in [0.1, 0.15) is 32.3 Å². The van der Waals surface area contributed by atoms with Crippen LogP contribution in [-0.4, -0.2) is 30.3 Å². The van der Waals surface area contributed by atoms with Gasteiger partial charge in [0.25, 0.3) is 0 Å². The lowest BCUT2D eigenvalue weighted by molar-refractivity contribution is -0.120. The molecule has 0 aromatic heterocycles. The molecule has 1 fully saturated rings. The van der Waals surface area contributed by atoms with Crippen LogP contribution in [0.4, 0.5) is 4.39 Å². The average molecular weight is 277 g/mol. The fourth-order valence-electron chi connectivity index (χ4n) is 2.94. The summed E-state index contributed by atoms with van der Waals surface area (Å²) in [4.78, 5) is 14.3. The maximum atomic E-state index is 13.5. The van der Waals surface area contributed by atoms with E-state index in [4.69, 9.17) is 0 Å². The van der Waals surface area contributed by atoms with Crippen LogP contribution in [0.5, 0.6) is 0 Å². The average Bonchev–Trinajstić information content (AvgIpc) is 2.42. The molecular formula is C17H24FNO. The van der Waals surface area contributed by atoms with Gasteiger partial charge in [-0.15, -0.1) is 0 Å². The van der Waals surface area contributed by atoms with Gasteiger partial charge in [0.05, 0.1) is 6.54 Å². The van der Waals surface area contributed by atoms with Crippen LogP contribution >= 0.6 is 0 Å². The molecule has 0 amide bonds. The lowest BCUT2D eigenvalue weighted by atomic mass is 9.86. The second-order valence-electron chi connectivity index (χ2n) is 6.16. The largest absolute Gasteiger partial charge is 0.298 e. The third-order valence-electron chi connectivity index (χ3n) is 4.32.